The van der Waals surface area contributed by atoms with Gasteiger partial charge >= 0.3 is 5.69 Å². The summed E-state index contributed by atoms with van der Waals surface area (Å²) >= 11 is 0. The summed E-state index contributed by atoms with van der Waals surface area (Å²) in [6, 6.07) is 6.71. The van der Waals surface area contributed by atoms with Crippen LogP contribution in [0.3, 0.4) is 0 Å². The maximum absolute atomic E-state index is 11.0. The summed E-state index contributed by atoms with van der Waals surface area (Å²) in [7, 11) is 0. The average Bonchev–Trinajstić information content (AvgIpc) is 2.91. The van der Waals surface area contributed by atoms with Gasteiger partial charge in [-0.1, -0.05) is 6.07 Å². The van der Waals surface area contributed by atoms with Crippen molar-refractivity contribution in [1.29, 1.82) is 0 Å². The van der Waals surface area contributed by atoms with E-state index >= 15 is 0 Å². The number of nitrogen functional groups attached to an aromatic ring is 1. The van der Waals surface area contributed by atoms with Crippen molar-refractivity contribution in [3.63, 3.8) is 0 Å². The van der Waals surface area contributed by atoms with Gasteiger partial charge in [0.1, 0.15) is 11.4 Å². The van der Waals surface area contributed by atoms with E-state index in [2.05, 4.69) is 15.8 Å². The quantitative estimate of drug-likeness (QED) is 0.409. The molecule has 100 valence electrons. The zero-order valence-corrected chi connectivity index (χ0v) is 10.1. The second kappa shape index (κ2) is 5.83. The molecule has 2 aromatic rings. The molecule has 1 aromatic heterocycles. The molecule has 0 atom stereocenters. The lowest BCUT2D eigenvalue weighted by Gasteiger charge is -2.09. The Morgan fingerprint density at radius 3 is 2.79 bits per heavy atom. The molecule has 0 aliphatic heterocycles. The van der Waals surface area contributed by atoms with Crippen LogP contribution in [0.5, 0.6) is 0 Å². The number of hydrogen-bond acceptors (Lipinski definition) is 6. The van der Waals surface area contributed by atoms with E-state index in [0.717, 1.165) is 0 Å². The predicted molar refractivity (Wildman–Crippen MR) is 71.6 cm³/mol. The molecular formula is C11H14N6O2. The second-order valence-corrected chi connectivity index (χ2v) is 3.80. The minimum atomic E-state index is -0.467. The van der Waals surface area contributed by atoms with Gasteiger partial charge in [0.2, 0.25) is 0 Å². The Morgan fingerprint density at radius 2 is 2.16 bits per heavy atom. The van der Waals surface area contributed by atoms with Gasteiger partial charge < -0.3 is 10.7 Å². The Labute approximate surface area is 109 Å². The lowest BCUT2D eigenvalue weighted by atomic mass is 10.2. The Morgan fingerprint density at radius 1 is 1.37 bits per heavy atom. The van der Waals surface area contributed by atoms with Crippen LogP contribution < -0.4 is 16.6 Å². The van der Waals surface area contributed by atoms with Gasteiger partial charge in [0.15, 0.2) is 0 Å². The Hall–Kier alpha value is -2.61. The number of hydrogen-bond donors (Lipinski definition) is 3. The molecule has 0 aliphatic carbocycles. The maximum atomic E-state index is 11.0. The van der Waals surface area contributed by atoms with Gasteiger partial charge in [-0.25, -0.2) is 0 Å². The van der Waals surface area contributed by atoms with Crippen molar-refractivity contribution in [3.05, 3.63) is 46.8 Å². The molecule has 0 amide bonds. The van der Waals surface area contributed by atoms with E-state index in [-0.39, 0.29) is 11.4 Å². The van der Waals surface area contributed by atoms with Crippen molar-refractivity contribution in [3.8, 4) is 0 Å². The summed E-state index contributed by atoms with van der Waals surface area (Å²) in [5.41, 5.74) is 2.95. The molecule has 1 heterocycles. The fraction of sp³-hybridized carbons (Fsp3) is 0.182. The first-order chi connectivity index (χ1) is 9.22. The molecule has 0 spiro atoms. The predicted octanol–water partition coefficient (Wildman–Crippen LogP) is 1.19. The normalized spacial score (nSPS) is 10.2. The fourth-order valence-electron chi connectivity index (χ4n) is 1.74. The van der Waals surface area contributed by atoms with Gasteiger partial charge in [0, 0.05) is 18.9 Å². The van der Waals surface area contributed by atoms with Crippen LogP contribution >= 0.6 is 0 Å². The van der Waals surface area contributed by atoms with Crippen LogP contribution in [-0.2, 0) is 6.54 Å². The van der Waals surface area contributed by atoms with Crippen LogP contribution in [0, 0.1) is 10.1 Å². The van der Waals surface area contributed by atoms with Crippen LogP contribution in [-0.4, -0.2) is 21.2 Å². The third kappa shape index (κ3) is 2.99. The van der Waals surface area contributed by atoms with E-state index in [1.165, 1.54) is 0 Å². The molecule has 4 N–H and O–H groups in total. The summed E-state index contributed by atoms with van der Waals surface area (Å²) in [5, 5.41) is 18.1. The summed E-state index contributed by atoms with van der Waals surface area (Å²) < 4.78 is 1.74. The number of hydrazine groups is 1. The number of benzene rings is 1. The largest absolute Gasteiger partial charge is 0.378 e. The van der Waals surface area contributed by atoms with E-state index < -0.39 is 4.92 Å². The van der Waals surface area contributed by atoms with Crippen molar-refractivity contribution in [2.45, 2.75) is 6.54 Å². The SMILES string of the molecule is NNc1cccc(NCCn2cccn2)c1[N+](=O)[O-]. The third-order valence-corrected chi connectivity index (χ3v) is 2.59. The summed E-state index contributed by atoms with van der Waals surface area (Å²) in [6.07, 6.45) is 3.51. The van der Waals surface area contributed by atoms with Crippen molar-refractivity contribution in [2.75, 3.05) is 17.3 Å². The molecule has 19 heavy (non-hydrogen) atoms. The number of nitrogens with two attached hydrogens (primary N) is 1. The van der Waals surface area contributed by atoms with Crippen molar-refractivity contribution in [2.24, 2.45) is 5.84 Å². The molecule has 0 unspecified atom stereocenters. The molecule has 1 aromatic carbocycles. The Kier molecular flexibility index (Phi) is 3.94. The van der Waals surface area contributed by atoms with Crippen LogP contribution in [0.25, 0.3) is 0 Å². The first-order valence-corrected chi connectivity index (χ1v) is 5.67. The van der Waals surface area contributed by atoms with Crippen molar-refractivity contribution in [1.82, 2.24) is 9.78 Å². The summed E-state index contributed by atoms with van der Waals surface area (Å²) in [6.45, 7) is 1.14. The van der Waals surface area contributed by atoms with Gasteiger partial charge in [-0.3, -0.25) is 20.6 Å². The highest BCUT2D eigenvalue weighted by Gasteiger charge is 2.18. The first-order valence-electron chi connectivity index (χ1n) is 5.67. The lowest BCUT2D eigenvalue weighted by Crippen LogP contribution is -2.14. The van der Waals surface area contributed by atoms with Crippen LogP contribution in [0.4, 0.5) is 17.1 Å². The summed E-state index contributed by atoms with van der Waals surface area (Å²) in [4.78, 5) is 10.6. The third-order valence-electron chi connectivity index (χ3n) is 2.59. The number of rotatable bonds is 6. The van der Waals surface area contributed by atoms with E-state index in [4.69, 9.17) is 5.84 Å². The monoisotopic (exact) mass is 262 g/mol. The topological polar surface area (TPSA) is 111 Å². The highest BCUT2D eigenvalue weighted by atomic mass is 16.6. The average molecular weight is 262 g/mol. The van der Waals surface area contributed by atoms with Gasteiger partial charge in [-0.05, 0) is 18.2 Å². The first kappa shape index (κ1) is 12.8. The maximum Gasteiger partial charge on any atom is 0.316 e. The Bertz CT molecular complexity index is 554. The fourth-order valence-corrected chi connectivity index (χ4v) is 1.74. The minimum absolute atomic E-state index is 0.0644. The van der Waals surface area contributed by atoms with E-state index in [0.29, 0.717) is 18.8 Å². The molecule has 0 saturated carbocycles. The number of nitro groups is 1. The molecule has 2 rings (SSSR count). The van der Waals surface area contributed by atoms with Gasteiger partial charge in [-0.15, -0.1) is 0 Å². The number of nitrogens with zero attached hydrogens (tertiary/aromatic N) is 3. The molecule has 8 nitrogen and oxygen atoms in total. The van der Waals surface area contributed by atoms with E-state index in [9.17, 15) is 10.1 Å². The highest BCUT2D eigenvalue weighted by molar-refractivity contribution is 5.75. The molecule has 0 radical (unpaired) electrons. The number of nitrogens with one attached hydrogen (secondary N) is 2. The standard InChI is InChI=1S/C11H14N6O2/c12-15-10-4-1-3-9(11(10)17(18)19)13-6-8-16-7-2-5-14-16/h1-5,7,13,15H,6,8,12H2. The second-order valence-electron chi connectivity index (χ2n) is 3.80. The Balaban J connectivity index is 2.09. The van der Waals surface area contributed by atoms with Gasteiger partial charge in [-0.2, -0.15) is 5.10 Å². The van der Waals surface area contributed by atoms with E-state index in [1.54, 1.807) is 29.1 Å². The van der Waals surface area contributed by atoms with Crippen molar-refractivity contribution >= 4 is 17.1 Å². The molecule has 0 fully saturated rings. The zero-order chi connectivity index (χ0) is 13.7. The highest BCUT2D eigenvalue weighted by Crippen LogP contribution is 2.31. The minimum Gasteiger partial charge on any atom is -0.378 e. The van der Waals surface area contributed by atoms with Crippen LogP contribution in [0.2, 0.25) is 0 Å². The molecular weight excluding hydrogens is 248 g/mol. The number of aromatic nitrogens is 2. The van der Waals surface area contributed by atoms with E-state index in [1.807, 2.05) is 12.3 Å². The van der Waals surface area contributed by atoms with Crippen LogP contribution in [0.15, 0.2) is 36.7 Å². The van der Waals surface area contributed by atoms with Gasteiger partial charge in [0.25, 0.3) is 0 Å². The number of para-hydroxylation sites is 1. The molecule has 0 aliphatic rings. The number of anilines is 2. The lowest BCUT2D eigenvalue weighted by molar-refractivity contribution is -0.383. The van der Waals surface area contributed by atoms with Crippen molar-refractivity contribution < 1.29 is 4.92 Å². The molecule has 8 heteroatoms. The molecule has 0 bridgehead atoms. The number of nitro benzene ring substituents is 1. The smallest absolute Gasteiger partial charge is 0.316 e. The summed E-state index contributed by atoms with van der Waals surface area (Å²) in [5.74, 6) is 5.27. The van der Waals surface area contributed by atoms with Crippen LogP contribution in [0.1, 0.15) is 0 Å². The zero-order valence-electron chi connectivity index (χ0n) is 10.1. The molecule has 0 saturated heterocycles. The van der Waals surface area contributed by atoms with Gasteiger partial charge in [0.05, 0.1) is 11.5 Å².